The number of benzene rings is 1. The van der Waals surface area contributed by atoms with E-state index < -0.39 is 0 Å². The second-order valence-corrected chi connectivity index (χ2v) is 3.64. The fraction of sp³-hybridized carbons (Fsp3) is 0.400. The number of halogens is 1. The molecular formula is C10H10FNO. The van der Waals surface area contributed by atoms with Crippen molar-refractivity contribution in [3.63, 3.8) is 0 Å². The molecule has 2 N–H and O–H groups in total. The Morgan fingerprint density at radius 3 is 3.15 bits per heavy atom. The van der Waals surface area contributed by atoms with E-state index in [2.05, 4.69) is 0 Å². The van der Waals surface area contributed by atoms with Crippen LogP contribution in [0.5, 0.6) is 5.75 Å². The van der Waals surface area contributed by atoms with Crippen molar-refractivity contribution >= 4 is 0 Å². The molecule has 0 unspecified atom stereocenters. The first-order valence-corrected chi connectivity index (χ1v) is 4.49. The van der Waals surface area contributed by atoms with E-state index in [0.717, 1.165) is 17.7 Å². The first kappa shape index (κ1) is 7.33. The topological polar surface area (TPSA) is 35.2 Å². The SMILES string of the molecule is NCc1c(F)ccc2c1[C@@H]1C[C@@H]1O2. The summed E-state index contributed by atoms with van der Waals surface area (Å²) in [7, 11) is 0. The Bertz CT molecular complexity index is 377. The van der Waals surface area contributed by atoms with E-state index in [4.69, 9.17) is 10.5 Å². The van der Waals surface area contributed by atoms with Gasteiger partial charge >= 0.3 is 0 Å². The molecule has 2 aliphatic rings. The maximum absolute atomic E-state index is 13.3. The summed E-state index contributed by atoms with van der Waals surface area (Å²) in [5.41, 5.74) is 7.17. The van der Waals surface area contributed by atoms with Crippen LogP contribution in [0, 0.1) is 5.82 Å². The predicted octanol–water partition coefficient (Wildman–Crippen LogP) is 1.53. The zero-order valence-corrected chi connectivity index (χ0v) is 7.09. The van der Waals surface area contributed by atoms with Crippen molar-refractivity contribution in [1.82, 2.24) is 0 Å². The molecule has 0 aromatic heterocycles. The van der Waals surface area contributed by atoms with Crippen LogP contribution in [-0.4, -0.2) is 6.10 Å². The third-order valence-corrected chi connectivity index (χ3v) is 2.85. The van der Waals surface area contributed by atoms with Crippen LogP contribution in [0.15, 0.2) is 12.1 Å². The Hall–Kier alpha value is -1.09. The average molecular weight is 179 g/mol. The van der Waals surface area contributed by atoms with Crippen molar-refractivity contribution in [3.05, 3.63) is 29.1 Å². The largest absolute Gasteiger partial charge is 0.489 e. The normalized spacial score (nSPS) is 27.8. The lowest BCUT2D eigenvalue weighted by Crippen LogP contribution is -2.03. The highest BCUT2D eigenvalue weighted by molar-refractivity contribution is 5.51. The molecule has 1 aromatic rings. The van der Waals surface area contributed by atoms with Crippen molar-refractivity contribution in [2.24, 2.45) is 5.73 Å². The predicted molar refractivity (Wildman–Crippen MR) is 46.1 cm³/mol. The van der Waals surface area contributed by atoms with Gasteiger partial charge < -0.3 is 10.5 Å². The summed E-state index contributed by atoms with van der Waals surface area (Å²) < 4.78 is 18.9. The smallest absolute Gasteiger partial charge is 0.128 e. The van der Waals surface area contributed by atoms with E-state index in [1.54, 1.807) is 6.07 Å². The van der Waals surface area contributed by atoms with Gasteiger partial charge in [0.1, 0.15) is 17.7 Å². The fourth-order valence-electron chi connectivity index (χ4n) is 2.10. The van der Waals surface area contributed by atoms with E-state index in [9.17, 15) is 4.39 Å². The van der Waals surface area contributed by atoms with Gasteiger partial charge in [-0.25, -0.2) is 4.39 Å². The van der Waals surface area contributed by atoms with Crippen LogP contribution >= 0.6 is 0 Å². The molecule has 1 aromatic carbocycles. The van der Waals surface area contributed by atoms with Crippen molar-refractivity contribution in [3.8, 4) is 5.75 Å². The minimum Gasteiger partial charge on any atom is -0.489 e. The van der Waals surface area contributed by atoms with Gasteiger partial charge in [-0.3, -0.25) is 0 Å². The molecule has 68 valence electrons. The zero-order chi connectivity index (χ0) is 9.00. The average Bonchev–Trinajstić information content (AvgIpc) is 2.80. The molecule has 2 atom stereocenters. The Morgan fingerprint density at radius 2 is 2.38 bits per heavy atom. The second-order valence-electron chi connectivity index (χ2n) is 3.64. The van der Waals surface area contributed by atoms with Crippen LogP contribution in [0.1, 0.15) is 23.5 Å². The third-order valence-electron chi connectivity index (χ3n) is 2.85. The van der Waals surface area contributed by atoms with Gasteiger partial charge in [0.25, 0.3) is 0 Å². The van der Waals surface area contributed by atoms with Crippen LogP contribution in [0.4, 0.5) is 4.39 Å². The molecule has 1 fully saturated rings. The van der Waals surface area contributed by atoms with Gasteiger partial charge in [-0.05, 0) is 18.6 Å². The summed E-state index contributed by atoms with van der Waals surface area (Å²) in [6.45, 7) is 0.265. The molecule has 1 aliphatic carbocycles. The van der Waals surface area contributed by atoms with Crippen LogP contribution in [0.25, 0.3) is 0 Å². The van der Waals surface area contributed by atoms with Crippen molar-refractivity contribution in [2.45, 2.75) is 25.0 Å². The highest BCUT2D eigenvalue weighted by Crippen LogP contribution is 2.54. The molecule has 2 nitrogen and oxygen atoms in total. The molecule has 13 heavy (non-hydrogen) atoms. The van der Waals surface area contributed by atoms with E-state index >= 15 is 0 Å². The van der Waals surface area contributed by atoms with Crippen molar-refractivity contribution < 1.29 is 9.13 Å². The molecule has 0 spiro atoms. The summed E-state index contributed by atoms with van der Waals surface area (Å²) in [5.74, 6) is 1.06. The lowest BCUT2D eigenvalue weighted by Gasteiger charge is -2.08. The van der Waals surface area contributed by atoms with E-state index in [1.807, 2.05) is 0 Å². The first-order valence-electron chi connectivity index (χ1n) is 4.49. The Kier molecular flexibility index (Phi) is 1.26. The number of ether oxygens (including phenoxy) is 1. The van der Waals surface area contributed by atoms with Gasteiger partial charge in [-0.2, -0.15) is 0 Å². The molecule has 1 heterocycles. The van der Waals surface area contributed by atoms with Gasteiger partial charge in [0.15, 0.2) is 0 Å². The third kappa shape index (κ3) is 0.851. The van der Waals surface area contributed by atoms with Crippen LogP contribution in [0.3, 0.4) is 0 Å². The monoisotopic (exact) mass is 179 g/mol. The maximum Gasteiger partial charge on any atom is 0.128 e. The van der Waals surface area contributed by atoms with Crippen molar-refractivity contribution in [2.75, 3.05) is 0 Å². The van der Waals surface area contributed by atoms with Gasteiger partial charge in [0.05, 0.1) is 0 Å². The fourth-order valence-corrected chi connectivity index (χ4v) is 2.10. The quantitative estimate of drug-likeness (QED) is 0.709. The number of rotatable bonds is 1. The molecule has 0 amide bonds. The second kappa shape index (κ2) is 2.23. The zero-order valence-electron chi connectivity index (χ0n) is 7.09. The Labute approximate surface area is 75.5 Å². The molecule has 3 heteroatoms. The van der Waals surface area contributed by atoms with Crippen molar-refractivity contribution in [1.29, 1.82) is 0 Å². The standard InChI is InChI=1S/C10H10FNO/c11-7-1-2-8-10(6(7)4-12)5-3-9(5)13-8/h1-2,5,9H,3-4,12H2/t5-,9+/m1/s1. The first-order chi connectivity index (χ1) is 6.31. The minimum atomic E-state index is -0.197. The van der Waals surface area contributed by atoms with Gasteiger partial charge in [0.2, 0.25) is 0 Å². The van der Waals surface area contributed by atoms with Gasteiger partial charge in [-0.1, -0.05) is 0 Å². The molecule has 0 radical (unpaired) electrons. The number of hydrogen-bond acceptors (Lipinski definition) is 2. The summed E-state index contributed by atoms with van der Waals surface area (Å²) >= 11 is 0. The molecule has 1 saturated carbocycles. The van der Waals surface area contributed by atoms with E-state index in [1.165, 1.54) is 6.07 Å². The molecule has 3 rings (SSSR count). The summed E-state index contributed by atoms with van der Waals surface area (Å²) in [5, 5.41) is 0. The van der Waals surface area contributed by atoms with Gasteiger partial charge in [-0.15, -0.1) is 0 Å². The molecule has 1 aliphatic heterocycles. The van der Waals surface area contributed by atoms with Gasteiger partial charge in [0, 0.05) is 23.6 Å². The van der Waals surface area contributed by atoms with Crippen LogP contribution in [-0.2, 0) is 6.54 Å². The molecular weight excluding hydrogens is 169 g/mol. The lowest BCUT2D eigenvalue weighted by molar-refractivity contribution is 0.318. The summed E-state index contributed by atoms with van der Waals surface area (Å²) in [6.07, 6.45) is 1.34. The number of hydrogen-bond donors (Lipinski definition) is 1. The van der Waals surface area contributed by atoms with E-state index in [-0.39, 0.29) is 12.4 Å². The minimum absolute atomic E-state index is 0.197. The highest BCUT2D eigenvalue weighted by Gasteiger charge is 2.49. The van der Waals surface area contributed by atoms with E-state index in [0.29, 0.717) is 17.6 Å². The summed E-state index contributed by atoms with van der Waals surface area (Å²) in [4.78, 5) is 0. The Morgan fingerprint density at radius 1 is 1.54 bits per heavy atom. The summed E-state index contributed by atoms with van der Waals surface area (Å²) in [6, 6.07) is 3.14. The molecule has 0 bridgehead atoms. The van der Waals surface area contributed by atoms with Crippen LogP contribution < -0.4 is 10.5 Å². The maximum atomic E-state index is 13.3. The highest BCUT2D eigenvalue weighted by atomic mass is 19.1. The Balaban J connectivity index is 2.21. The lowest BCUT2D eigenvalue weighted by atomic mass is 10.0. The van der Waals surface area contributed by atoms with Crippen LogP contribution in [0.2, 0.25) is 0 Å². The number of fused-ring (bicyclic) bond motifs is 3. The number of nitrogens with two attached hydrogens (primary N) is 1. The molecule has 0 saturated heterocycles.